The number of amides is 1. The van der Waals surface area contributed by atoms with E-state index in [2.05, 4.69) is 5.32 Å². The molecule has 1 aromatic carbocycles. The lowest BCUT2D eigenvalue weighted by atomic mass is 10.1. The summed E-state index contributed by atoms with van der Waals surface area (Å²) in [6.45, 7) is 1.02. The first kappa shape index (κ1) is 11.9. The molecule has 5 heteroatoms. The molecule has 1 amide bonds. The van der Waals surface area contributed by atoms with Gasteiger partial charge in [-0.15, -0.1) is 0 Å². The first-order chi connectivity index (χ1) is 8.27. The lowest BCUT2D eigenvalue weighted by molar-refractivity contribution is -0.191. The van der Waals surface area contributed by atoms with E-state index >= 15 is 0 Å². The number of nitrogens with one attached hydrogen (secondary N) is 1. The van der Waals surface area contributed by atoms with E-state index in [4.69, 9.17) is 14.2 Å². The Labute approximate surface area is 99.7 Å². The molecular weight excluding hydrogens is 222 g/mol. The molecule has 92 valence electrons. The second kappa shape index (κ2) is 5.16. The number of rotatable bonds is 3. The highest BCUT2D eigenvalue weighted by Gasteiger charge is 2.40. The number of benzene rings is 1. The topological polar surface area (TPSA) is 56.8 Å². The summed E-state index contributed by atoms with van der Waals surface area (Å²) in [5.41, 5.74) is 0.849. The molecule has 0 saturated carbocycles. The predicted molar refractivity (Wildman–Crippen MR) is 60.4 cm³/mol. The smallest absolute Gasteiger partial charge is 0.407 e. The first-order valence-corrected chi connectivity index (χ1v) is 5.45. The van der Waals surface area contributed by atoms with E-state index in [1.807, 2.05) is 30.3 Å². The van der Waals surface area contributed by atoms with Crippen LogP contribution < -0.4 is 5.32 Å². The summed E-state index contributed by atoms with van der Waals surface area (Å²) >= 11 is 0. The van der Waals surface area contributed by atoms with Crippen molar-refractivity contribution in [1.29, 1.82) is 0 Å². The Bertz CT molecular complexity index is 373. The van der Waals surface area contributed by atoms with Crippen LogP contribution in [-0.4, -0.2) is 33.0 Å². The van der Waals surface area contributed by atoms with Gasteiger partial charge < -0.3 is 19.5 Å². The molecule has 1 aliphatic rings. The van der Waals surface area contributed by atoms with E-state index in [9.17, 15) is 4.79 Å². The van der Waals surface area contributed by atoms with Gasteiger partial charge in [0, 0.05) is 12.6 Å². The molecule has 0 unspecified atom stereocenters. The van der Waals surface area contributed by atoms with Gasteiger partial charge in [0.2, 0.25) is 5.79 Å². The summed E-state index contributed by atoms with van der Waals surface area (Å²) in [4.78, 5) is 11.1. The molecule has 1 aliphatic heterocycles. The number of ether oxygens (including phenoxy) is 3. The van der Waals surface area contributed by atoms with Crippen molar-refractivity contribution in [2.24, 2.45) is 0 Å². The highest BCUT2D eigenvalue weighted by molar-refractivity contribution is 5.66. The Hall–Kier alpha value is -1.59. The van der Waals surface area contributed by atoms with Crippen LogP contribution in [0.15, 0.2) is 30.3 Å². The fourth-order valence-corrected chi connectivity index (χ4v) is 1.71. The monoisotopic (exact) mass is 237 g/mol. The molecule has 1 heterocycles. The minimum Gasteiger partial charge on any atom is -0.443 e. The largest absolute Gasteiger partial charge is 0.443 e. The van der Waals surface area contributed by atoms with E-state index < -0.39 is 11.9 Å². The summed E-state index contributed by atoms with van der Waals surface area (Å²) in [6, 6.07) is 9.47. The van der Waals surface area contributed by atoms with Crippen molar-refractivity contribution in [2.45, 2.75) is 5.79 Å². The zero-order chi connectivity index (χ0) is 12.1. The van der Waals surface area contributed by atoms with Crippen molar-refractivity contribution in [3.8, 4) is 0 Å². The predicted octanol–water partition coefficient (Wildman–Crippen LogP) is 1.24. The SMILES string of the molecule is CNC(=O)OCC1(c2ccccc2)OCCO1. The van der Waals surface area contributed by atoms with E-state index in [0.29, 0.717) is 13.2 Å². The summed E-state index contributed by atoms with van der Waals surface area (Å²) in [6.07, 6.45) is -0.501. The van der Waals surface area contributed by atoms with E-state index in [1.54, 1.807) is 0 Å². The van der Waals surface area contributed by atoms with Gasteiger partial charge >= 0.3 is 6.09 Å². The molecule has 0 radical (unpaired) electrons. The average molecular weight is 237 g/mol. The van der Waals surface area contributed by atoms with Gasteiger partial charge in [-0.2, -0.15) is 0 Å². The lowest BCUT2D eigenvalue weighted by Gasteiger charge is -2.26. The summed E-state index contributed by atoms with van der Waals surface area (Å²) in [7, 11) is 1.51. The van der Waals surface area contributed by atoms with Gasteiger partial charge in [-0.25, -0.2) is 4.79 Å². The van der Waals surface area contributed by atoms with Crippen LogP contribution in [0.4, 0.5) is 4.79 Å². The molecule has 0 bridgehead atoms. The van der Waals surface area contributed by atoms with Gasteiger partial charge in [-0.3, -0.25) is 0 Å². The molecule has 17 heavy (non-hydrogen) atoms. The Morgan fingerprint density at radius 3 is 2.59 bits per heavy atom. The number of carbonyl (C=O) groups excluding carboxylic acids is 1. The summed E-state index contributed by atoms with van der Waals surface area (Å²) in [5, 5.41) is 2.39. The maximum Gasteiger partial charge on any atom is 0.407 e. The average Bonchev–Trinajstić information content (AvgIpc) is 2.87. The molecule has 1 fully saturated rings. The molecule has 2 rings (SSSR count). The van der Waals surface area contributed by atoms with Crippen molar-refractivity contribution in [2.75, 3.05) is 26.9 Å². The number of carbonyl (C=O) groups is 1. The second-order valence-electron chi connectivity index (χ2n) is 3.64. The normalized spacial score (nSPS) is 17.7. The molecule has 0 atom stereocenters. The Balaban J connectivity index is 2.13. The van der Waals surface area contributed by atoms with Crippen LogP contribution in [0, 0.1) is 0 Å². The molecular formula is C12H15NO4. The molecule has 0 aromatic heterocycles. The zero-order valence-electron chi connectivity index (χ0n) is 9.64. The Kier molecular flexibility index (Phi) is 3.61. The second-order valence-corrected chi connectivity index (χ2v) is 3.64. The Morgan fingerprint density at radius 1 is 1.35 bits per heavy atom. The molecule has 0 aliphatic carbocycles. The van der Waals surface area contributed by atoms with Crippen LogP contribution in [0.5, 0.6) is 0 Å². The fraction of sp³-hybridized carbons (Fsp3) is 0.417. The molecule has 1 N–H and O–H groups in total. The minimum absolute atomic E-state index is 0.0384. The van der Waals surface area contributed by atoms with Crippen LogP contribution in [0.2, 0.25) is 0 Å². The molecule has 5 nitrogen and oxygen atoms in total. The highest BCUT2D eigenvalue weighted by atomic mass is 16.8. The van der Waals surface area contributed by atoms with Gasteiger partial charge in [-0.1, -0.05) is 30.3 Å². The third-order valence-electron chi connectivity index (χ3n) is 2.56. The van der Waals surface area contributed by atoms with Crippen molar-refractivity contribution >= 4 is 6.09 Å². The van der Waals surface area contributed by atoms with Crippen molar-refractivity contribution in [3.05, 3.63) is 35.9 Å². The number of hydrogen-bond donors (Lipinski definition) is 1. The van der Waals surface area contributed by atoms with Gasteiger partial charge in [0.25, 0.3) is 0 Å². The maximum absolute atomic E-state index is 11.1. The Morgan fingerprint density at radius 2 is 2.00 bits per heavy atom. The third kappa shape index (κ3) is 2.57. The standard InChI is InChI=1S/C12H15NO4/c1-13-11(14)15-9-12(16-7-8-17-12)10-5-3-2-4-6-10/h2-6H,7-9H2,1H3,(H,13,14). The van der Waals surface area contributed by atoms with Gasteiger partial charge in [0.1, 0.15) is 0 Å². The van der Waals surface area contributed by atoms with Gasteiger partial charge in [-0.05, 0) is 0 Å². The fourth-order valence-electron chi connectivity index (χ4n) is 1.71. The van der Waals surface area contributed by atoms with Crippen LogP contribution >= 0.6 is 0 Å². The van der Waals surface area contributed by atoms with E-state index in [-0.39, 0.29) is 6.61 Å². The quantitative estimate of drug-likeness (QED) is 0.859. The zero-order valence-corrected chi connectivity index (χ0v) is 9.64. The van der Waals surface area contributed by atoms with E-state index in [1.165, 1.54) is 7.05 Å². The number of hydrogen-bond acceptors (Lipinski definition) is 4. The van der Waals surface area contributed by atoms with Crippen molar-refractivity contribution in [3.63, 3.8) is 0 Å². The van der Waals surface area contributed by atoms with Gasteiger partial charge in [0.15, 0.2) is 6.61 Å². The highest BCUT2D eigenvalue weighted by Crippen LogP contribution is 2.31. The van der Waals surface area contributed by atoms with Crippen LogP contribution in [-0.2, 0) is 20.0 Å². The van der Waals surface area contributed by atoms with Crippen LogP contribution in [0.3, 0.4) is 0 Å². The maximum atomic E-state index is 11.1. The first-order valence-electron chi connectivity index (χ1n) is 5.45. The van der Waals surface area contributed by atoms with Gasteiger partial charge in [0.05, 0.1) is 13.2 Å². The molecule has 1 saturated heterocycles. The van der Waals surface area contributed by atoms with Crippen molar-refractivity contribution < 1.29 is 19.0 Å². The van der Waals surface area contributed by atoms with Crippen molar-refractivity contribution in [1.82, 2.24) is 5.32 Å². The van der Waals surface area contributed by atoms with Crippen LogP contribution in [0.25, 0.3) is 0 Å². The molecule has 0 spiro atoms. The summed E-state index contributed by atoms with van der Waals surface area (Å²) < 4.78 is 16.2. The lowest BCUT2D eigenvalue weighted by Crippen LogP contribution is -2.35. The van der Waals surface area contributed by atoms with Crippen LogP contribution in [0.1, 0.15) is 5.56 Å². The third-order valence-corrected chi connectivity index (χ3v) is 2.56. The summed E-state index contributed by atoms with van der Waals surface area (Å²) in [5.74, 6) is -0.965. The minimum atomic E-state index is -0.965. The molecule has 1 aromatic rings. The number of alkyl carbamates (subject to hydrolysis) is 1. The van der Waals surface area contributed by atoms with E-state index in [0.717, 1.165) is 5.56 Å².